The molecule has 1 unspecified atom stereocenters. The Morgan fingerprint density at radius 3 is 2.52 bits per heavy atom. The van der Waals surface area contributed by atoms with Crippen molar-refractivity contribution < 1.29 is 13.2 Å². The largest absolute Gasteiger partial charge is 0.352 e. The molecule has 0 spiro atoms. The molecule has 1 saturated heterocycles. The molecule has 0 bridgehead atoms. The topological polar surface area (TPSA) is 66.5 Å². The summed E-state index contributed by atoms with van der Waals surface area (Å²) in [5.74, 6) is -0.0960. The fourth-order valence-corrected chi connectivity index (χ4v) is 5.82. The first kappa shape index (κ1) is 21.5. The SMILES string of the molecule is Cc1ccc(S(=O)(=O)N2CCCC(C)(C(=O)NCc3ccccc3C)C2)c(C)c1. The lowest BCUT2D eigenvalue weighted by atomic mass is 9.82. The molecule has 0 saturated carbocycles. The molecule has 1 amide bonds. The minimum absolute atomic E-state index is 0.0960. The van der Waals surface area contributed by atoms with Crippen LogP contribution >= 0.6 is 0 Å². The zero-order chi connectivity index (χ0) is 21.2. The van der Waals surface area contributed by atoms with Crippen LogP contribution in [0.25, 0.3) is 0 Å². The second-order valence-electron chi connectivity index (χ2n) is 8.38. The standard InChI is InChI=1S/C23H30N2O3S/c1-17-10-11-21(19(3)14-17)29(27,28)25-13-7-12-23(4,16-25)22(26)24-15-20-9-6-5-8-18(20)2/h5-6,8-11,14H,7,12-13,15-16H2,1-4H3,(H,24,26). The Labute approximate surface area is 174 Å². The molecule has 0 radical (unpaired) electrons. The fraction of sp³-hybridized carbons (Fsp3) is 0.435. The fourth-order valence-electron chi connectivity index (χ4n) is 4.01. The number of benzene rings is 2. The number of amides is 1. The molecular weight excluding hydrogens is 384 g/mol. The van der Waals surface area contributed by atoms with Crippen molar-refractivity contribution in [3.05, 3.63) is 64.7 Å². The second-order valence-corrected chi connectivity index (χ2v) is 10.3. The Balaban J connectivity index is 1.76. The third kappa shape index (κ3) is 4.54. The molecule has 1 heterocycles. The van der Waals surface area contributed by atoms with E-state index < -0.39 is 15.4 Å². The first-order valence-corrected chi connectivity index (χ1v) is 11.5. The van der Waals surface area contributed by atoms with Gasteiger partial charge in [-0.3, -0.25) is 4.79 Å². The van der Waals surface area contributed by atoms with Gasteiger partial charge in [0.1, 0.15) is 0 Å². The van der Waals surface area contributed by atoms with Crippen LogP contribution in [-0.4, -0.2) is 31.7 Å². The van der Waals surface area contributed by atoms with Crippen molar-refractivity contribution in [3.8, 4) is 0 Å². The van der Waals surface area contributed by atoms with E-state index in [0.29, 0.717) is 30.8 Å². The molecule has 1 fully saturated rings. The van der Waals surface area contributed by atoms with Crippen LogP contribution in [0.15, 0.2) is 47.4 Å². The van der Waals surface area contributed by atoms with Crippen molar-refractivity contribution in [2.45, 2.75) is 52.0 Å². The van der Waals surface area contributed by atoms with Crippen LogP contribution < -0.4 is 5.32 Å². The summed E-state index contributed by atoms with van der Waals surface area (Å²) in [6.07, 6.45) is 1.34. The molecule has 1 atom stereocenters. The number of nitrogens with one attached hydrogen (secondary N) is 1. The number of nitrogens with zero attached hydrogens (tertiary/aromatic N) is 1. The van der Waals surface area contributed by atoms with Gasteiger partial charge in [0.25, 0.3) is 0 Å². The summed E-state index contributed by atoms with van der Waals surface area (Å²) in [5.41, 5.74) is 3.22. The number of carbonyl (C=O) groups is 1. The van der Waals surface area contributed by atoms with Gasteiger partial charge in [0.2, 0.25) is 15.9 Å². The normalized spacial score (nSPS) is 20.4. The molecular formula is C23H30N2O3S. The van der Waals surface area contributed by atoms with Crippen LogP contribution in [0.4, 0.5) is 0 Å². The smallest absolute Gasteiger partial charge is 0.243 e. The van der Waals surface area contributed by atoms with E-state index in [0.717, 1.165) is 22.3 Å². The maximum atomic E-state index is 13.2. The third-order valence-electron chi connectivity index (χ3n) is 5.86. The Bertz CT molecular complexity index is 1020. The number of piperidine rings is 1. The molecule has 2 aromatic rings. The van der Waals surface area contributed by atoms with Gasteiger partial charge in [0, 0.05) is 19.6 Å². The lowest BCUT2D eigenvalue weighted by molar-refractivity contribution is -0.132. The zero-order valence-corrected chi connectivity index (χ0v) is 18.5. The summed E-state index contributed by atoms with van der Waals surface area (Å²) in [7, 11) is -3.63. The zero-order valence-electron chi connectivity index (χ0n) is 17.7. The molecule has 0 aliphatic carbocycles. The predicted molar refractivity (Wildman–Crippen MR) is 115 cm³/mol. The lowest BCUT2D eigenvalue weighted by Crippen LogP contribution is -2.51. The summed E-state index contributed by atoms with van der Waals surface area (Å²) < 4.78 is 28.0. The van der Waals surface area contributed by atoms with Gasteiger partial charge in [-0.2, -0.15) is 4.31 Å². The maximum Gasteiger partial charge on any atom is 0.243 e. The summed E-state index contributed by atoms with van der Waals surface area (Å²) in [4.78, 5) is 13.3. The number of rotatable bonds is 5. The van der Waals surface area contributed by atoms with Crippen molar-refractivity contribution in [2.24, 2.45) is 5.41 Å². The van der Waals surface area contributed by atoms with E-state index in [9.17, 15) is 13.2 Å². The molecule has 2 aromatic carbocycles. The van der Waals surface area contributed by atoms with Gasteiger partial charge in [-0.15, -0.1) is 0 Å². The minimum atomic E-state index is -3.63. The highest BCUT2D eigenvalue weighted by atomic mass is 32.2. The van der Waals surface area contributed by atoms with Crippen LogP contribution in [0.5, 0.6) is 0 Å². The Morgan fingerprint density at radius 1 is 1.10 bits per heavy atom. The van der Waals surface area contributed by atoms with Crippen molar-refractivity contribution in [1.29, 1.82) is 0 Å². The molecule has 1 aliphatic heterocycles. The van der Waals surface area contributed by atoms with E-state index in [-0.39, 0.29) is 12.5 Å². The van der Waals surface area contributed by atoms with E-state index in [2.05, 4.69) is 5.32 Å². The number of hydrogen-bond donors (Lipinski definition) is 1. The monoisotopic (exact) mass is 414 g/mol. The first-order chi connectivity index (χ1) is 13.6. The van der Waals surface area contributed by atoms with Crippen molar-refractivity contribution in [2.75, 3.05) is 13.1 Å². The van der Waals surface area contributed by atoms with E-state index in [1.165, 1.54) is 4.31 Å². The van der Waals surface area contributed by atoms with Crippen molar-refractivity contribution >= 4 is 15.9 Å². The molecule has 1 N–H and O–H groups in total. The Kier molecular flexibility index (Phi) is 6.15. The highest BCUT2D eigenvalue weighted by Gasteiger charge is 2.42. The molecule has 5 nitrogen and oxygen atoms in total. The Morgan fingerprint density at radius 2 is 1.83 bits per heavy atom. The predicted octanol–water partition coefficient (Wildman–Crippen LogP) is 3.72. The van der Waals surface area contributed by atoms with Gasteiger partial charge >= 0.3 is 0 Å². The number of sulfonamides is 1. The molecule has 1 aliphatic rings. The van der Waals surface area contributed by atoms with Crippen molar-refractivity contribution in [3.63, 3.8) is 0 Å². The highest BCUT2D eigenvalue weighted by molar-refractivity contribution is 7.89. The summed E-state index contributed by atoms with van der Waals surface area (Å²) in [6.45, 7) is 8.73. The summed E-state index contributed by atoms with van der Waals surface area (Å²) in [5, 5.41) is 3.02. The van der Waals surface area contributed by atoms with E-state index in [4.69, 9.17) is 0 Å². The van der Waals surface area contributed by atoms with Gasteiger partial charge in [-0.25, -0.2) is 8.42 Å². The molecule has 3 rings (SSSR count). The highest BCUT2D eigenvalue weighted by Crippen LogP contribution is 2.33. The first-order valence-electron chi connectivity index (χ1n) is 10.0. The van der Waals surface area contributed by atoms with Crippen LogP contribution in [0.2, 0.25) is 0 Å². The molecule has 6 heteroatoms. The van der Waals surface area contributed by atoms with Crippen LogP contribution in [0, 0.1) is 26.2 Å². The lowest BCUT2D eigenvalue weighted by Gasteiger charge is -2.38. The molecule has 0 aromatic heterocycles. The summed E-state index contributed by atoms with van der Waals surface area (Å²) >= 11 is 0. The third-order valence-corrected chi connectivity index (χ3v) is 7.86. The number of carbonyl (C=O) groups excluding carboxylic acids is 1. The van der Waals surface area contributed by atoms with Crippen LogP contribution in [-0.2, 0) is 21.4 Å². The quantitative estimate of drug-likeness (QED) is 0.811. The van der Waals surface area contributed by atoms with E-state index in [1.807, 2.05) is 64.1 Å². The van der Waals surface area contributed by atoms with Gasteiger partial charge in [0.05, 0.1) is 10.3 Å². The van der Waals surface area contributed by atoms with Gasteiger partial charge in [-0.1, -0.05) is 42.0 Å². The van der Waals surface area contributed by atoms with E-state index in [1.54, 1.807) is 6.07 Å². The van der Waals surface area contributed by atoms with Gasteiger partial charge < -0.3 is 5.32 Å². The average Bonchev–Trinajstić information content (AvgIpc) is 2.67. The molecule has 29 heavy (non-hydrogen) atoms. The maximum absolute atomic E-state index is 13.2. The Hall–Kier alpha value is -2.18. The number of aryl methyl sites for hydroxylation is 3. The van der Waals surface area contributed by atoms with Crippen LogP contribution in [0.3, 0.4) is 0 Å². The molecule has 156 valence electrons. The average molecular weight is 415 g/mol. The van der Waals surface area contributed by atoms with Crippen molar-refractivity contribution in [1.82, 2.24) is 9.62 Å². The van der Waals surface area contributed by atoms with Gasteiger partial charge in [0.15, 0.2) is 0 Å². The number of hydrogen-bond acceptors (Lipinski definition) is 3. The minimum Gasteiger partial charge on any atom is -0.352 e. The van der Waals surface area contributed by atoms with E-state index >= 15 is 0 Å². The summed E-state index contributed by atoms with van der Waals surface area (Å²) in [6, 6.07) is 13.3. The van der Waals surface area contributed by atoms with Crippen LogP contribution in [0.1, 0.15) is 42.0 Å². The van der Waals surface area contributed by atoms with Gasteiger partial charge in [-0.05, 0) is 63.3 Å². The second kappa shape index (κ2) is 8.28.